The lowest BCUT2D eigenvalue weighted by atomic mass is 10.2. The van der Waals surface area contributed by atoms with Gasteiger partial charge in [-0.15, -0.1) is 4.91 Å². The quantitative estimate of drug-likeness (QED) is 0.664. The van der Waals surface area contributed by atoms with Gasteiger partial charge >= 0.3 is 5.97 Å². The molecule has 1 rings (SSSR count). The number of aryl methyl sites for hydroxylation is 1. The Morgan fingerprint density at radius 3 is 2.83 bits per heavy atom. The van der Waals surface area contributed by atoms with Crippen LogP contribution in [0.2, 0.25) is 0 Å². The highest BCUT2D eigenvalue weighted by atomic mass is 16.4. The summed E-state index contributed by atoms with van der Waals surface area (Å²) in [6.45, 7) is 1.61. The first-order valence-electron chi connectivity index (χ1n) is 3.24. The zero-order chi connectivity index (χ0) is 9.14. The summed E-state index contributed by atoms with van der Waals surface area (Å²) in [6.07, 6.45) is 1.36. The molecule has 0 bridgehead atoms. The van der Waals surface area contributed by atoms with Crippen LogP contribution in [0.5, 0.6) is 0 Å². The van der Waals surface area contributed by atoms with E-state index in [2.05, 4.69) is 10.2 Å². The SMILES string of the molecule is Cc1[nH+]cc(N=O)cc1C(=O)O. The van der Waals surface area contributed by atoms with Crippen LogP contribution in [0.1, 0.15) is 16.1 Å². The van der Waals surface area contributed by atoms with E-state index in [9.17, 15) is 9.70 Å². The van der Waals surface area contributed by atoms with E-state index in [1.165, 1.54) is 12.3 Å². The van der Waals surface area contributed by atoms with Crippen LogP contribution < -0.4 is 4.98 Å². The Balaban J connectivity index is 3.25. The normalized spacial score (nSPS) is 9.42. The van der Waals surface area contributed by atoms with E-state index in [1.807, 2.05) is 0 Å². The van der Waals surface area contributed by atoms with E-state index in [0.717, 1.165) is 0 Å². The third-order valence-corrected chi connectivity index (χ3v) is 1.47. The van der Waals surface area contributed by atoms with Gasteiger partial charge in [0.1, 0.15) is 5.56 Å². The van der Waals surface area contributed by atoms with Crippen LogP contribution >= 0.6 is 0 Å². The van der Waals surface area contributed by atoms with E-state index < -0.39 is 5.97 Å². The minimum absolute atomic E-state index is 0.0621. The number of pyridine rings is 1. The Kier molecular flexibility index (Phi) is 2.14. The summed E-state index contributed by atoms with van der Waals surface area (Å²) in [5.74, 6) is -1.07. The molecule has 0 aromatic carbocycles. The number of rotatable bonds is 2. The highest BCUT2D eigenvalue weighted by Crippen LogP contribution is 2.11. The second-order valence-electron chi connectivity index (χ2n) is 2.29. The first-order chi connectivity index (χ1) is 5.65. The number of hydrogen-bond donors (Lipinski definition) is 1. The molecule has 0 aliphatic rings. The van der Waals surface area contributed by atoms with Gasteiger partial charge < -0.3 is 5.11 Å². The second kappa shape index (κ2) is 3.08. The van der Waals surface area contributed by atoms with Gasteiger partial charge in [0, 0.05) is 6.92 Å². The van der Waals surface area contributed by atoms with E-state index >= 15 is 0 Å². The van der Waals surface area contributed by atoms with Crippen molar-refractivity contribution >= 4 is 11.7 Å². The topological polar surface area (TPSA) is 80.9 Å². The van der Waals surface area contributed by atoms with Crippen molar-refractivity contribution in [3.63, 3.8) is 0 Å². The number of aromatic carboxylic acids is 1. The number of nitrogens with one attached hydrogen (secondary N) is 1. The van der Waals surface area contributed by atoms with Gasteiger partial charge in [-0.05, 0) is 11.2 Å². The minimum Gasteiger partial charge on any atom is -0.477 e. The van der Waals surface area contributed by atoms with E-state index in [-0.39, 0.29) is 11.3 Å². The Bertz CT molecular complexity index is 335. The van der Waals surface area contributed by atoms with Crippen molar-refractivity contribution in [3.8, 4) is 0 Å². The first-order valence-corrected chi connectivity index (χ1v) is 3.24. The van der Waals surface area contributed by atoms with E-state index in [0.29, 0.717) is 5.69 Å². The molecule has 0 unspecified atom stereocenters. The molecule has 0 spiro atoms. The number of carbonyl (C=O) groups is 1. The van der Waals surface area contributed by atoms with Gasteiger partial charge in [0.25, 0.3) is 0 Å². The zero-order valence-electron chi connectivity index (χ0n) is 6.37. The van der Waals surface area contributed by atoms with Crippen LogP contribution in [-0.2, 0) is 0 Å². The second-order valence-corrected chi connectivity index (χ2v) is 2.29. The van der Waals surface area contributed by atoms with Gasteiger partial charge in [-0.3, -0.25) is 0 Å². The van der Waals surface area contributed by atoms with Crippen molar-refractivity contribution in [2.24, 2.45) is 5.18 Å². The number of aromatic amines is 1. The van der Waals surface area contributed by atoms with Crippen molar-refractivity contribution in [2.75, 3.05) is 0 Å². The van der Waals surface area contributed by atoms with Gasteiger partial charge in [-0.1, -0.05) is 0 Å². The molecular formula is C7H7N2O3+. The Hall–Kier alpha value is -1.78. The lowest BCUT2D eigenvalue weighted by Gasteiger charge is -1.92. The van der Waals surface area contributed by atoms with Crippen molar-refractivity contribution < 1.29 is 14.9 Å². The monoisotopic (exact) mass is 167 g/mol. The number of aromatic nitrogens is 1. The fourth-order valence-electron chi connectivity index (χ4n) is 0.833. The largest absolute Gasteiger partial charge is 0.477 e. The Labute approximate surface area is 68.0 Å². The molecule has 2 N–H and O–H groups in total. The van der Waals surface area contributed by atoms with Crippen molar-refractivity contribution in [3.05, 3.63) is 28.4 Å². The summed E-state index contributed by atoms with van der Waals surface area (Å²) < 4.78 is 0. The number of H-pyrrole nitrogens is 1. The molecule has 0 saturated heterocycles. The standard InChI is InChI=1S/C7H6N2O3/c1-4-6(7(10)11)2-5(9-12)3-8-4/h2-3H,1H3,(H,10,11)/p+1. The van der Waals surface area contributed by atoms with Gasteiger partial charge in [0.15, 0.2) is 17.6 Å². The summed E-state index contributed by atoms with van der Waals surface area (Å²) >= 11 is 0. The highest BCUT2D eigenvalue weighted by molar-refractivity contribution is 5.89. The molecule has 0 aliphatic carbocycles. The van der Waals surface area contributed by atoms with E-state index in [1.54, 1.807) is 6.92 Å². The summed E-state index contributed by atoms with van der Waals surface area (Å²) in [5.41, 5.74) is 0.639. The molecule has 0 atom stereocenters. The maximum atomic E-state index is 10.5. The number of nitrogens with zero attached hydrogens (tertiary/aromatic N) is 1. The molecule has 5 heteroatoms. The van der Waals surface area contributed by atoms with Crippen LogP contribution in [0, 0.1) is 11.8 Å². The van der Waals surface area contributed by atoms with Gasteiger partial charge in [-0.2, -0.15) is 0 Å². The molecule has 0 saturated carbocycles. The molecule has 12 heavy (non-hydrogen) atoms. The Morgan fingerprint density at radius 2 is 2.33 bits per heavy atom. The molecule has 1 heterocycles. The summed E-state index contributed by atoms with van der Waals surface area (Å²) in [5, 5.41) is 11.2. The number of hydrogen-bond acceptors (Lipinski definition) is 3. The molecule has 0 aliphatic heterocycles. The maximum absolute atomic E-state index is 10.5. The minimum atomic E-state index is -1.07. The number of carboxylic acid groups (broad SMARTS) is 1. The van der Waals surface area contributed by atoms with Crippen LogP contribution in [0.3, 0.4) is 0 Å². The molecule has 1 aromatic rings. The average molecular weight is 167 g/mol. The predicted molar refractivity (Wildman–Crippen MR) is 40.1 cm³/mol. The third-order valence-electron chi connectivity index (χ3n) is 1.47. The predicted octanol–water partition coefficient (Wildman–Crippen LogP) is 0.905. The third kappa shape index (κ3) is 1.45. The summed E-state index contributed by atoms with van der Waals surface area (Å²) in [6, 6.07) is 1.22. The zero-order valence-corrected chi connectivity index (χ0v) is 6.37. The number of carboxylic acids is 1. The molecule has 0 radical (unpaired) electrons. The van der Waals surface area contributed by atoms with Crippen LogP contribution in [0.4, 0.5) is 5.69 Å². The van der Waals surface area contributed by atoms with E-state index in [4.69, 9.17) is 5.11 Å². The van der Waals surface area contributed by atoms with Crippen molar-refractivity contribution in [1.29, 1.82) is 0 Å². The highest BCUT2D eigenvalue weighted by Gasteiger charge is 2.13. The summed E-state index contributed by atoms with van der Waals surface area (Å²) in [7, 11) is 0. The molecule has 1 aromatic heterocycles. The molecule has 0 fully saturated rings. The van der Waals surface area contributed by atoms with Crippen LogP contribution in [0.25, 0.3) is 0 Å². The Morgan fingerprint density at radius 1 is 1.67 bits per heavy atom. The van der Waals surface area contributed by atoms with Gasteiger partial charge in [0.2, 0.25) is 0 Å². The molecule has 5 nitrogen and oxygen atoms in total. The van der Waals surface area contributed by atoms with Crippen LogP contribution in [-0.4, -0.2) is 11.1 Å². The lowest BCUT2D eigenvalue weighted by Crippen LogP contribution is -2.12. The molecule has 0 amide bonds. The number of nitroso groups, excluding NO2 is 1. The fourth-order valence-corrected chi connectivity index (χ4v) is 0.833. The lowest BCUT2D eigenvalue weighted by molar-refractivity contribution is -0.387. The van der Waals surface area contributed by atoms with Gasteiger partial charge in [0.05, 0.1) is 0 Å². The maximum Gasteiger partial charge on any atom is 0.342 e. The first kappa shape index (κ1) is 8.32. The van der Waals surface area contributed by atoms with Gasteiger partial charge in [-0.25, -0.2) is 9.78 Å². The summed E-state index contributed by atoms with van der Waals surface area (Å²) in [4.78, 5) is 23.2. The smallest absolute Gasteiger partial charge is 0.342 e. The van der Waals surface area contributed by atoms with Crippen molar-refractivity contribution in [2.45, 2.75) is 6.92 Å². The average Bonchev–Trinajstić information content (AvgIpc) is 2.05. The molecule has 62 valence electrons. The van der Waals surface area contributed by atoms with Crippen LogP contribution in [0.15, 0.2) is 17.4 Å². The molecular weight excluding hydrogens is 160 g/mol. The van der Waals surface area contributed by atoms with Crippen molar-refractivity contribution in [1.82, 2.24) is 0 Å². The fraction of sp³-hybridized carbons (Fsp3) is 0.143.